The van der Waals surface area contributed by atoms with Crippen LogP contribution < -0.4 is 0 Å². The van der Waals surface area contributed by atoms with Crippen LogP contribution in [0.25, 0.3) is 0 Å². The largest absolute Gasteiger partial charge is 0.507 e. The minimum atomic E-state index is 0.0494. The zero-order valence-electron chi connectivity index (χ0n) is 10.4. The molecule has 98 valence electrons. The van der Waals surface area contributed by atoms with Gasteiger partial charge >= 0.3 is 0 Å². The highest BCUT2D eigenvalue weighted by molar-refractivity contribution is 6.31. The lowest BCUT2D eigenvalue weighted by Gasteiger charge is -2.32. The molecule has 1 heterocycles. The molecule has 0 aromatic heterocycles. The van der Waals surface area contributed by atoms with Gasteiger partial charge in [-0.15, -0.1) is 0 Å². The van der Waals surface area contributed by atoms with E-state index >= 15 is 0 Å². The van der Waals surface area contributed by atoms with Crippen LogP contribution in [0.3, 0.4) is 0 Å². The number of likely N-dealkylation sites (N-methyl/N-ethyl adjacent to an activating group) is 1. The van der Waals surface area contributed by atoms with Gasteiger partial charge < -0.3 is 10.0 Å². The molecule has 0 radical (unpaired) electrons. The fourth-order valence-electron chi connectivity index (χ4n) is 2.14. The van der Waals surface area contributed by atoms with E-state index in [9.17, 15) is 9.90 Å². The van der Waals surface area contributed by atoms with Crippen molar-refractivity contribution in [3.63, 3.8) is 0 Å². The summed E-state index contributed by atoms with van der Waals surface area (Å²) >= 11 is 5.94. The van der Waals surface area contributed by atoms with Gasteiger partial charge in [-0.3, -0.25) is 9.69 Å². The number of piperazine rings is 1. The molecule has 0 bridgehead atoms. The predicted molar refractivity (Wildman–Crippen MR) is 71.3 cm³/mol. The Labute approximate surface area is 112 Å². The average molecular weight is 269 g/mol. The van der Waals surface area contributed by atoms with Gasteiger partial charge in [0.25, 0.3) is 0 Å². The highest BCUT2D eigenvalue weighted by Crippen LogP contribution is 2.27. The van der Waals surface area contributed by atoms with Crippen molar-refractivity contribution >= 4 is 17.9 Å². The summed E-state index contributed by atoms with van der Waals surface area (Å²) in [7, 11) is 2.10. The monoisotopic (exact) mass is 268 g/mol. The lowest BCUT2D eigenvalue weighted by molar-refractivity contribution is 0.112. The van der Waals surface area contributed by atoms with Crippen molar-refractivity contribution in [3.05, 3.63) is 28.3 Å². The quantitative estimate of drug-likeness (QED) is 0.846. The Morgan fingerprint density at radius 1 is 1.33 bits per heavy atom. The number of carbonyl (C=O) groups excluding carboxylic acids is 1. The summed E-state index contributed by atoms with van der Waals surface area (Å²) in [5.74, 6) is 0.0494. The topological polar surface area (TPSA) is 43.8 Å². The molecule has 1 saturated heterocycles. The number of aldehydes is 1. The minimum Gasteiger partial charge on any atom is -0.507 e. The molecule has 0 unspecified atom stereocenters. The summed E-state index contributed by atoms with van der Waals surface area (Å²) in [5.41, 5.74) is 0.973. The van der Waals surface area contributed by atoms with Gasteiger partial charge in [0, 0.05) is 43.3 Å². The van der Waals surface area contributed by atoms with Gasteiger partial charge in [0.1, 0.15) is 5.75 Å². The van der Waals surface area contributed by atoms with Crippen molar-refractivity contribution in [1.82, 2.24) is 9.80 Å². The van der Waals surface area contributed by atoms with E-state index in [2.05, 4.69) is 16.8 Å². The SMILES string of the molecule is CN1CCN(Cc2cc(Cl)cc(C=O)c2O)CC1. The van der Waals surface area contributed by atoms with Crippen LogP contribution in [0, 0.1) is 0 Å². The average Bonchev–Trinajstić information content (AvgIpc) is 2.36. The van der Waals surface area contributed by atoms with Crippen molar-refractivity contribution < 1.29 is 9.90 Å². The van der Waals surface area contributed by atoms with E-state index in [1.165, 1.54) is 6.07 Å². The number of phenols is 1. The van der Waals surface area contributed by atoms with Crippen LogP contribution in [0.15, 0.2) is 12.1 Å². The third kappa shape index (κ3) is 3.02. The number of nitrogens with zero attached hydrogens (tertiary/aromatic N) is 2. The second kappa shape index (κ2) is 5.69. The summed E-state index contributed by atoms with van der Waals surface area (Å²) in [6.07, 6.45) is 0.634. The van der Waals surface area contributed by atoms with Gasteiger partial charge in [-0.25, -0.2) is 0 Å². The lowest BCUT2D eigenvalue weighted by atomic mass is 10.1. The zero-order chi connectivity index (χ0) is 13.1. The Morgan fingerprint density at radius 3 is 2.61 bits per heavy atom. The van der Waals surface area contributed by atoms with Crippen LogP contribution in [-0.4, -0.2) is 54.4 Å². The molecular weight excluding hydrogens is 252 g/mol. The molecular formula is C13H17ClN2O2. The number of rotatable bonds is 3. The first-order chi connectivity index (χ1) is 8.60. The molecule has 0 saturated carbocycles. The van der Waals surface area contributed by atoms with E-state index in [1.54, 1.807) is 6.07 Å². The van der Waals surface area contributed by atoms with Gasteiger partial charge in [0.05, 0.1) is 5.56 Å². The molecule has 1 fully saturated rings. The smallest absolute Gasteiger partial charge is 0.153 e. The second-order valence-corrected chi connectivity index (χ2v) is 5.14. The zero-order valence-corrected chi connectivity index (χ0v) is 11.2. The van der Waals surface area contributed by atoms with Gasteiger partial charge in [0.2, 0.25) is 0 Å². The highest BCUT2D eigenvalue weighted by atomic mass is 35.5. The maximum Gasteiger partial charge on any atom is 0.153 e. The Kier molecular flexibility index (Phi) is 4.22. The number of benzene rings is 1. The molecule has 0 amide bonds. The molecule has 1 aliphatic heterocycles. The summed E-state index contributed by atoms with van der Waals surface area (Å²) in [5, 5.41) is 10.5. The van der Waals surface area contributed by atoms with E-state index in [4.69, 9.17) is 11.6 Å². The summed E-state index contributed by atoms with van der Waals surface area (Å²) in [6, 6.07) is 3.21. The normalized spacial score (nSPS) is 17.9. The minimum absolute atomic E-state index is 0.0494. The fraction of sp³-hybridized carbons (Fsp3) is 0.462. The first-order valence-corrected chi connectivity index (χ1v) is 6.35. The van der Waals surface area contributed by atoms with Crippen molar-refractivity contribution in [2.75, 3.05) is 33.2 Å². The van der Waals surface area contributed by atoms with Crippen molar-refractivity contribution in [2.24, 2.45) is 0 Å². The Bertz CT molecular complexity index is 443. The van der Waals surface area contributed by atoms with E-state index in [0.717, 1.165) is 26.2 Å². The number of hydrogen-bond donors (Lipinski definition) is 1. The highest BCUT2D eigenvalue weighted by Gasteiger charge is 2.17. The van der Waals surface area contributed by atoms with Gasteiger partial charge in [0.15, 0.2) is 6.29 Å². The molecule has 1 aliphatic rings. The maximum absolute atomic E-state index is 10.8. The molecule has 1 aromatic rings. The van der Waals surface area contributed by atoms with E-state index in [1.807, 2.05) is 0 Å². The Morgan fingerprint density at radius 2 is 2.00 bits per heavy atom. The predicted octanol–water partition coefficient (Wildman–Crippen LogP) is 1.61. The molecule has 2 rings (SSSR count). The number of aromatic hydroxyl groups is 1. The summed E-state index contributed by atoms with van der Waals surface area (Å²) in [6.45, 7) is 4.57. The Hall–Kier alpha value is -1.10. The molecule has 18 heavy (non-hydrogen) atoms. The number of carbonyl (C=O) groups is 1. The van der Waals surface area contributed by atoms with E-state index in [-0.39, 0.29) is 11.3 Å². The number of phenolic OH excluding ortho intramolecular Hbond substituents is 1. The molecule has 1 aromatic carbocycles. The first-order valence-electron chi connectivity index (χ1n) is 5.97. The van der Waals surface area contributed by atoms with Crippen molar-refractivity contribution in [3.8, 4) is 5.75 Å². The van der Waals surface area contributed by atoms with Crippen LogP contribution in [-0.2, 0) is 6.54 Å². The fourth-order valence-corrected chi connectivity index (χ4v) is 2.39. The lowest BCUT2D eigenvalue weighted by Crippen LogP contribution is -2.43. The molecule has 5 heteroatoms. The molecule has 4 nitrogen and oxygen atoms in total. The van der Waals surface area contributed by atoms with Crippen molar-refractivity contribution in [1.29, 1.82) is 0 Å². The standard InChI is InChI=1S/C13H17ClN2O2/c1-15-2-4-16(5-3-15)8-10-6-12(14)7-11(9-17)13(10)18/h6-7,9,18H,2-5,8H2,1H3. The van der Waals surface area contributed by atoms with Crippen molar-refractivity contribution in [2.45, 2.75) is 6.54 Å². The van der Waals surface area contributed by atoms with Crippen LogP contribution >= 0.6 is 11.6 Å². The second-order valence-electron chi connectivity index (χ2n) is 4.70. The maximum atomic E-state index is 10.8. The van der Waals surface area contributed by atoms with Gasteiger partial charge in [-0.1, -0.05) is 11.6 Å². The first kappa shape index (κ1) is 13.3. The van der Waals surface area contributed by atoms with Gasteiger partial charge in [-0.2, -0.15) is 0 Å². The molecule has 0 atom stereocenters. The number of halogens is 1. The molecule has 0 spiro atoms. The van der Waals surface area contributed by atoms with Crippen LogP contribution in [0.4, 0.5) is 0 Å². The van der Waals surface area contributed by atoms with Crippen LogP contribution in [0.5, 0.6) is 5.75 Å². The number of hydrogen-bond acceptors (Lipinski definition) is 4. The molecule has 1 N–H and O–H groups in total. The van der Waals surface area contributed by atoms with Crippen LogP contribution in [0.1, 0.15) is 15.9 Å². The Balaban J connectivity index is 2.13. The summed E-state index contributed by atoms with van der Waals surface area (Å²) in [4.78, 5) is 15.3. The van der Waals surface area contributed by atoms with E-state index in [0.29, 0.717) is 23.4 Å². The van der Waals surface area contributed by atoms with Crippen LogP contribution in [0.2, 0.25) is 5.02 Å². The molecule has 0 aliphatic carbocycles. The van der Waals surface area contributed by atoms with Gasteiger partial charge in [-0.05, 0) is 19.2 Å². The summed E-state index contributed by atoms with van der Waals surface area (Å²) < 4.78 is 0. The third-order valence-corrected chi connectivity index (χ3v) is 3.52. The van der Waals surface area contributed by atoms with E-state index < -0.39 is 0 Å². The third-order valence-electron chi connectivity index (χ3n) is 3.30.